The Hall–Kier alpha value is -2.38. The van der Waals surface area contributed by atoms with Crippen LogP contribution in [-0.2, 0) is 10.0 Å². The first-order chi connectivity index (χ1) is 10.3. The van der Waals surface area contributed by atoms with Crippen LogP contribution < -0.4 is 9.88 Å². The molecular weight excluding hydrogens is 304 g/mol. The standard InChI is InChI=1S/C15H16N2O4S/c1-10-3-4-12(8-15(10)22(16,19)20)17-9-11-7-13(21-2)5-6-14(11)18/h3-9,18H,1-2H3,(H2,16,19,20). The summed E-state index contributed by atoms with van der Waals surface area (Å²) < 4.78 is 28.0. The minimum absolute atomic E-state index is 0.0250. The molecule has 0 unspecified atom stereocenters. The van der Waals surface area contributed by atoms with Gasteiger partial charge in [-0.1, -0.05) is 6.07 Å². The highest BCUT2D eigenvalue weighted by Crippen LogP contribution is 2.24. The van der Waals surface area contributed by atoms with E-state index in [-0.39, 0.29) is 10.6 Å². The monoisotopic (exact) mass is 320 g/mol. The normalized spacial score (nSPS) is 11.8. The van der Waals surface area contributed by atoms with Crippen molar-refractivity contribution in [2.24, 2.45) is 10.1 Å². The molecule has 2 aromatic rings. The Balaban J connectivity index is 2.39. The van der Waals surface area contributed by atoms with E-state index in [4.69, 9.17) is 9.88 Å². The summed E-state index contributed by atoms with van der Waals surface area (Å²) in [6.07, 6.45) is 1.43. The number of nitrogens with two attached hydrogens (primary N) is 1. The Kier molecular flexibility index (Phi) is 4.48. The Labute approximate surface area is 128 Å². The van der Waals surface area contributed by atoms with Crippen LogP contribution in [-0.4, -0.2) is 26.8 Å². The van der Waals surface area contributed by atoms with E-state index in [0.29, 0.717) is 22.6 Å². The van der Waals surface area contributed by atoms with E-state index in [1.807, 2.05) is 0 Å². The van der Waals surface area contributed by atoms with Gasteiger partial charge in [-0.05, 0) is 42.8 Å². The zero-order valence-electron chi connectivity index (χ0n) is 12.1. The van der Waals surface area contributed by atoms with Crippen LogP contribution in [0, 0.1) is 6.92 Å². The van der Waals surface area contributed by atoms with Crippen LogP contribution in [0.2, 0.25) is 0 Å². The number of ether oxygens (including phenoxy) is 1. The number of sulfonamides is 1. The number of phenolic OH excluding ortho intramolecular Hbond substituents is 1. The molecule has 0 aliphatic carbocycles. The molecule has 116 valence electrons. The number of benzene rings is 2. The molecular formula is C15H16N2O4S. The third-order valence-corrected chi connectivity index (χ3v) is 4.12. The van der Waals surface area contributed by atoms with Gasteiger partial charge in [-0.15, -0.1) is 0 Å². The number of hydrogen-bond acceptors (Lipinski definition) is 5. The number of nitrogens with zero attached hydrogens (tertiary/aromatic N) is 1. The van der Waals surface area contributed by atoms with Gasteiger partial charge in [0.05, 0.1) is 17.7 Å². The van der Waals surface area contributed by atoms with Crippen LogP contribution >= 0.6 is 0 Å². The van der Waals surface area contributed by atoms with Crippen LogP contribution in [0.4, 0.5) is 5.69 Å². The van der Waals surface area contributed by atoms with E-state index in [9.17, 15) is 13.5 Å². The molecule has 0 heterocycles. The molecule has 7 heteroatoms. The number of primary sulfonamides is 1. The Morgan fingerprint density at radius 1 is 1.23 bits per heavy atom. The minimum Gasteiger partial charge on any atom is -0.507 e. The van der Waals surface area contributed by atoms with Crippen LogP contribution in [0.25, 0.3) is 0 Å². The molecule has 0 amide bonds. The Bertz CT molecular complexity index is 829. The second-order valence-corrected chi connectivity index (χ2v) is 6.21. The first-order valence-electron chi connectivity index (χ1n) is 6.36. The van der Waals surface area contributed by atoms with Crippen molar-refractivity contribution in [2.45, 2.75) is 11.8 Å². The maximum absolute atomic E-state index is 11.5. The van der Waals surface area contributed by atoms with E-state index in [0.717, 1.165) is 0 Å². The molecule has 0 spiro atoms. The molecule has 0 radical (unpaired) electrons. The Morgan fingerprint density at radius 2 is 1.95 bits per heavy atom. The number of rotatable bonds is 4. The van der Waals surface area contributed by atoms with Gasteiger partial charge in [-0.3, -0.25) is 4.99 Å². The smallest absolute Gasteiger partial charge is 0.238 e. The van der Waals surface area contributed by atoms with Crippen molar-refractivity contribution < 1.29 is 18.3 Å². The van der Waals surface area contributed by atoms with Gasteiger partial charge >= 0.3 is 0 Å². The molecule has 3 N–H and O–H groups in total. The fourth-order valence-electron chi connectivity index (χ4n) is 1.88. The van der Waals surface area contributed by atoms with Crippen molar-refractivity contribution in [3.05, 3.63) is 47.5 Å². The van der Waals surface area contributed by atoms with Gasteiger partial charge < -0.3 is 9.84 Å². The third kappa shape index (κ3) is 3.63. The first kappa shape index (κ1) is 16.0. The largest absolute Gasteiger partial charge is 0.507 e. The van der Waals surface area contributed by atoms with Crippen molar-refractivity contribution in [1.82, 2.24) is 0 Å². The summed E-state index contributed by atoms with van der Waals surface area (Å²) in [7, 11) is -2.28. The highest BCUT2D eigenvalue weighted by atomic mass is 32.2. The summed E-state index contributed by atoms with van der Waals surface area (Å²) in [5.74, 6) is 0.622. The van der Waals surface area contributed by atoms with E-state index in [1.165, 1.54) is 25.5 Å². The SMILES string of the molecule is COc1ccc(O)c(C=Nc2ccc(C)c(S(N)(=O)=O)c2)c1. The molecule has 0 saturated carbocycles. The van der Waals surface area contributed by atoms with Gasteiger partial charge in [0.25, 0.3) is 0 Å². The van der Waals surface area contributed by atoms with Gasteiger partial charge in [0.1, 0.15) is 11.5 Å². The van der Waals surface area contributed by atoms with E-state index in [2.05, 4.69) is 4.99 Å². The van der Waals surface area contributed by atoms with Crippen molar-refractivity contribution in [3.8, 4) is 11.5 Å². The van der Waals surface area contributed by atoms with Gasteiger partial charge in [0, 0.05) is 11.8 Å². The summed E-state index contributed by atoms with van der Waals surface area (Å²) in [6, 6.07) is 9.41. The van der Waals surface area contributed by atoms with Crippen LogP contribution in [0.5, 0.6) is 11.5 Å². The molecule has 0 bridgehead atoms. The van der Waals surface area contributed by atoms with Gasteiger partial charge in [0.2, 0.25) is 10.0 Å². The lowest BCUT2D eigenvalue weighted by Crippen LogP contribution is -2.13. The van der Waals surface area contributed by atoms with E-state index < -0.39 is 10.0 Å². The molecule has 0 fully saturated rings. The lowest BCUT2D eigenvalue weighted by molar-refractivity contribution is 0.412. The lowest BCUT2D eigenvalue weighted by atomic mass is 10.2. The summed E-state index contributed by atoms with van der Waals surface area (Å²) in [5.41, 5.74) is 1.42. The molecule has 0 aromatic heterocycles. The second kappa shape index (κ2) is 6.17. The number of methoxy groups -OCH3 is 1. The highest BCUT2D eigenvalue weighted by molar-refractivity contribution is 7.89. The second-order valence-electron chi connectivity index (χ2n) is 4.68. The zero-order chi connectivity index (χ0) is 16.3. The quantitative estimate of drug-likeness (QED) is 0.842. The van der Waals surface area contributed by atoms with Gasteiger partial charge in [-0.2, -0.15) is 0 Å². The summed E-state index contributed by atoms with van der Waals surface area (Å²) in [4.78, 5) is 4.19. The molecule has 6 nitrogen and oxygen atoms in total. The molecule has 0 aliphatic heterocycles. The van der Waals surface area contributed by atoms with Crippen molar-refractivity contribution in [2.75, 3.05) is 7.11 Å². The van der Waals surface area contributed by atoms with Crippen molar-refractivity contribution in [3.63, 3.8) is 0 Å². The predicted molar refractivity (Wildman–Crippen MR) is 84.5 cm³/mol. The van der Waals surface area contributed by atoms with Gasteiger partial charge in [-0.25, -0.2) is 13.6 Å². The maximum atomic E-state index is 11.5. The zero-order valence-corrected chi connectivity index (χ0v) is 13.0. The fourth-order valence-corrected chi connectivity index (χ4v) is 2.68. The summed E-state index contributed by atoms with van der Waals surface area (Å²) in [5, 5.41) is 14.9. The number of aryl methyl sites for hydroxylation is 1. The van der Waals surface area contributed by atoms with Crippen molar-refractivity contribution in [1.29, 1.82) is 0 Å². The van der Waals surface area contributed by atoms with E-state index >= 15 is 0 Å². The minimum atomic E-state index is -3.80. The van der Waals surface area contributed by atoms with Crippen molar-refractivity contribution >= 4 is 21.9 Å². The summed E-state index contributed by atoms with van der Waals surface area (Å²) >= 11 is 0. The first-order valence-corrected chi connectivity index (χ1v) is 7.90. The lowest BCUT2D eigenvalue weighted by Gasteiger charge is -2.05. The molecule has 0 atom stereocenters. The molecule has 2 aromatic carbocycles. The molecule has 0 saturated heterocycles. The number of hydrogen-bond donors (Lipinski definition) is 2. The van der Waals surface area contributed by atoms with Crippen LogP contribution in [0.3, 0.4) is 0 Å². The van der Waals surface area contributed by atoms with Gasteiger partial charge in [0.15, 0.2) is 0 Å². The number of aliphatic imine (C=N–C) groups is 1. The fraction of sp³-hybridized carbons (Fsp3) is 0.133. The van der Waals surface area contributed by atoms with E-state index in [1.54, 1.807) is 31.2 Å². The van der Waals surface area contributed by atoms with Crippen LogP contribution in [0.1, 0.15) is 11.1 Å². The third-order valence-electron chi connectivity index (χ3n) is 3.07. The number of aromatic hydroxyl groups is 1. The molecule has 0 aliphatic rings. The molecule has 2 rings (SSSR count). The average molecular weight is 320 g/mol. The molecule has 22 heavy (non-hydrogen) atoms. The summed E-state index contributed by atoms with van der Waals surface area (Å²) in [6.45, 7) is 1.65. The Morgan fingerprint density at radius 3 is 2.59 bits per heavy atom. The predicted octanol–water partition coefficient (Wildman–Crippen LogP) is 2.11. The highest BCUT2D eigenvalue weighted by Gasteiger charge is 2.11. The maximum Gasteiger partial charge on any atom is 0.238 e. The average Bonchev–Trinajstić information content (AvgIpc) is 2.46. The number of phenols is 1. The topological polar surface area (TPSA) is 102 Å². The van der Waals surface area contributed by atoms with Crippen LogP contribution in [0.15, 0.2) is 46.3 Å².